The number of para-hydroxylation sites is 1. The molecule has 8 nitrogen and oxygen atoms in total. The lowest BCUT2D eigenvalue weighted by atomic mass is 10.1. The second-order valence-corrected chi connectivity index (χ2v) is 8.73. The third kappa shape index (κ3) is 5.11. The number of benzene rings is 2. The number of carbonyl (C=O) groups excluding carboxylic acids is 1. The van der Waals surface area contributed by atoms with Crippen molar-refractivity contribution in [2.75, 3.05) is 13.2 Å². The molecular weight excluding hydrogens is 486 g/mol. The third-order valence-electron chi connectivity index (χ3n) is 5.00. The average molecular weight is 504 g/mol. The summed E-state index contributed by atoms with van der Waals surface area (Å²) in [7, 11) is 0. The van der Waals surface area contributed by atoms with E-state index in [9.17, 15) is 4.79 Å². The van der Waals surface area contributed by atoms with Crippen molar-refractivity contribution in [1.29, 1.82) is 5.41 Å². The summed E-state index contributed by atoms with van der Waals surface area (Å²) in [5, 5.41) is 15.9. The number of aliphatic imine (C=N–C) groups is 1. The maximum Gasteiger partial charge on any atom is 0.283 e. The normalized spacial score (nSPS) is 16.1. The molecule has 0 saturated heterocycles. The fraction of sp³-hybridized carbons (Fsp3) is 0.0800. The fourth-order valence-electron chi connectivity index (χ4n) is 3.30. The molecule has 174 valence electrons. The van der Waals surface area contributed by atoms with E-state index >= 15 is 0 Å². The van der Waals surface area contributed by atoms with Gasteiger partial charge in [-0.1, -0.05) is 35.9 Å². The summed E-state index contributed by atoms with van der Waals surface area (Å²) >= 11 is 7.31. The second-order valence-electron chi connectivity index (χ2n) is 7.36. The van der Waals surface area contributed by atoms with Crippen LogP contribution < -0.4 is 9.47 Å². The summed E-state index contributed by atoms with van der Waals surface area (Å²) in [5.74, 6) is 0.761. The fourth-order valence-corrected chi connectivity index (χ4v) is 4.37. The van der Waals surface area contributed by atoms with E-state index in [1.807, 2.05) is 18.2 Å². The molecule has 2 aliphatic rings. The number of ether oxygens (including phenoxy) is 2. The largest absolute Gasteiger partial charge is 0.490 e. The Morgan fingerprint density at radius 2 is 1.83 bits per heavy atom. The Balaban J connectivity index is 1.23. The lowest BCUT2D eigenvalue weighted by molar-refractivity contribution is -0.114. The number of hydrazone groups is 1. The quantitative estimate of drug-likeness (QED) is 0.365. The highest BCUT2D eigenvalue weighted by Gasteiger charge is 2.36. The molecular formula is C25H18ClN5O3S. The molecule has 2 aliphatic heterocycles. The minimum Gasteiger partial charge on any atom is -0.490 e. The van der Waals surface area contributed by atoms with E-state index in [1.165, 1.54) is 16.8 Å². The van der Waals surface area contributed by atoms with Gasteiger partial charge in [-0.15, -0.1) is 0 Å². The minimum atomic E-state index is -0.478. The molecule has 3 aromatic rings. The van der Waals surface area contributed by atoms with E-state index < -0.39 is 5.91 Å². The molecule has 0 saturated carbocycles. The molecule has 5 rings (SSSR count). The maximum absolute atomic E-state index is 12.6. The van der Waals surface area contributed by atoms with Crippen molar-refractivity contribution in [1.82, 2.24) is 9.99 Å². The van der Waals surface area contributed by atoms with Crippen LogP contribution in [0.1, 0.15) is 11.1 Å². The number of thioether (sulfide) groups is 1. The van der Waals surface area contributed by atoms with Gasteiger partial charge in [0.1, 0.15) is 29.8 Å². The number of hydrogen-bond donors (Lipinski definition) is 1. The second kappa shape index (κ2) is 10.1. The molecule has 2 aromatic carbocycles. The van der Waals surface area contributed by atoms with E-state index in [0.29, 0.717) is 39.9 Å². The molecule has 0 radical (unpaired) electrons. The highest BCUT2D eigenvalue weighted by molar-refractivity contribution is 8.27. The molecule has 10 heteroatoms. The molecule has 0 spiro atoms. The van der Waals surface area contributed by atoms with Crippen molar-refractivity contribution in [3.8, 4) is 11.5 Å². The van der Waals surface area contributed by atoms with Crippen molar-refractivity contribution in [3.63, 3.8) is 0 Å². The number of halogens is 1. The summed E-state index contributed by atoms with van der Waals surface area (Å²) in [5.41, 5.74) is 1.69. The summed E-state index contributed by atoms with van der Waals surface area (Å²) < 4.78 is 11.3. The number of carbonyl (C=O) groups is 1. The lowest BCUT2D eigenvalue weighted by Crippen LogP contribution is -2.35. The Labute approximate surface area is 210 Å². The Kier molecular flexibility index (Phi) is 6.60. The van der Waals surface area contributed by atoms with Crippen molar-refractivity contribution >= 4 is 51.4 Å². The van der Waals surface area contributed by atoms with Crippen LogP contribution in [-0.2, 0) is 4.79 Å². The van der Waals surface area contributed by atoms with Crippen LogP contribution in [0.4, 0.5) is 0 Å². The van der Waals surface area contributed by atoms with E-state index in [2.05, 4.69) is 15.1 Å². The van der Waals surface area contributed by atoms with Crippen molar-refractivity contribution in [2.24, 2.45) is 10.1 Å². The van der Waals surface area contributed by atoms with Crippen LogP contribution in [0, 0.1) is 5.41 Å². The molecule has 35 heavy (non-hydrogen) atoms. The molecule has 0 bridgehead atoms. The molecule has 0 atom stereocenters. The van der Waals surface area contributed by atoms with Gasteiger partial charge in [-0.3, -0.25) is 15.2 Å². The van der Waals surface area contributed by atoms with E-state index in [4.69, 9.17) is 26.5 Å². The van der Waals surface area contributed by atoms with Crippen molar-refractivity contribution in [3.05, 3.63) is 94.8 Å². The highest BCUT2D eigenvalue weighted by atomic mass is 35.5. The number of amides is 1. The first-order chi connectivity index (χ1) is 17.1. The molecule has 0 fully saturated rings. The third-order valence-corrected chi connectivity index (χ3v) is 6.27. The van der Waals surface area contributed by atoms with Gasteiger partial charge in [0.15, 0.2) is 5.84 Å². The number of nitrogens with zero attached hydrogens (tertiary/aromatic N) is 4. The molecule has 1 aromatic heterocycles. The summed E-state index contributed by atoms with van der Waals surface area (Å²) in [4.78, 5) is 20.8. The van der Waals surface area contributed by atoms with Crippen LogP contribution in [0.3, 0.4) is 0 Å². The topological polar surface area (TPSA) is 100 Å². The molecule has 1 N–H and O–H groups in total. The van der Waals surface area contributed by atoms with Gasteiger partial charge in [0.25, 0.3) is 5.91 Å². The monoisotopic (exact) mass is 503 g/mol. The first-order valence-electron chi connectivity index (χ1n) is 10.6. The lowest BCUT2D eigenvalue weighted by Gasteiger charge is -2.20. The van der Waals surface area contributed by atoms with Crippen molar-refractivity contribution < 1.29 is 14.3 Å². The smallest absolute Gasteiger partial charge is 0.283 e. The van der Waals surface area contributed by atoms with Crippen LogP contribution in [0.15, 0.2) is 88.7 Å². The van der Waals surface area contributed by atoms with Crippen LogP contribution in [0.2, 0.25) is 5.02 Å². The number of aromatic nitrogens is 1. The number of hydrogen-bond acceptors (Lipinski definition) is 7. The SMILES string of the molecule is N=C1/C(=C/c2ccc(OCCOc3ccccc3Cl)cc2)C(=O)N=C2SC(c3cccnc3)=NN12. The van der Waals surface area contributed by atoms with Crippen LogP contribution in [0.25, 0.3) is 6.08 Å². The Morgan fingerprint density at radius 3 is 2.60 bits per heavy atom. The van der Waals surface area contributed by atoms with Gasteiger partial charge < -0.3 is 9.47 Å². The van der Waals surface area contributed by atoms with Crippen molar-refractivity contribution in [2.45, 2.75) is 0 Å². The Hall–Kier alpha value is -3.95. The zero-order chi connectivity index (χ0) is 24.2. The van der Waals surface area contributed by atoms with Gasteiger partial charge in [0.2, 0.25) is 5.17 Å². The Bertz CT molecular complexity index is 1370. The predicted octanol–water partition coefficient (Wildman–Crippen LogP) is 4.86. The van der Waals surface area contributed by atoms with Gasteiger partial charge in [-0.05, 0) is 59.8 Å². The number of amidine groups is 2. The van der Waals surface area contributed by atoms with E-state index in [1.54, 1.807) is 60.9 Å². The molecule has 0 unspecified atom stereocenters. The first-order valence-corrected chi connectivity index (χ1v) is 11.8. The molecule has 3 heterocycles. The van der Waals surface area contributed by atoms with E-state index in [0.717, 1.165) is 11.1 Å². The predicted molar refractivity (Wildman–Crippen MR) is 137 cm³/mol. The number of fused-ring (bicyclic) bond motifs is 1. The van der Waals surface area contributed by atoms with Crippen LogP contribution >= 0.6 is 23.4 Å². The highest BCUT2D eigenvalue weighted by Crippen LogP contribution is 2.31. The average Bonchev–Trinajstić information content (AvgIpc) is 3.31. The van der Waals surface area contributed by atoms with Crippen LogP contribution in [0.5, 0.6) is 11.5 Å². The maximum atomic E-state index is 12.6. The van der Waals surface area contributed by atoms with E-state index in [-0.39, 0.29) is 11.4 Å². The number of pyridine rings is 1. The van der Waals surface area contributed by atoms with Gasteiger partial charge in [-0.2, -0.15) is 15.1 Å². The summed E-state index contributed by atoms with van der Waals surface area (Å²) in [6, 6.07) is 18.1. The van der Waals surface area contributed by atoms with Gasteiger partial charge in [0, 0.05) is 18.0 Å². The minimum absolute atomic E-state index is 0.0246. The number of nitrogens with one attached hydrogen (secondary N) is 1. The van der Waals surface area contributed by atoms with Gasteiger partial charge in [0.05, 0.1) is 10.6 Å². The van der Waals surface area contributed by atoms with Gasteiger partial charge >= 0.3 is 0 Å². The summed E-state index contributed by atoms with van der Waals surface area (Å²) in [6.45, 7) is 0.688. The zero-order valence-corrected chi connectivity index (χ0v) is 19.8. The summed E-state index contributed by atoms with van der Waals surface area (Å²) in [6.07, 6.45) is 4.98. The standard InChI is InChI=1S/C25H18ClN5O3S/c26-20-5-1-2-6-21(20)34-13-12-33-18-9-7-16(8-10-18)14-19-22(27)31-25(29-23(19)32)35-24(30-31)17-4-3-11-28-15-17/h1-11,14-15,27H,12-13H2/b19-14-,27-22?. The molecule has 0 aliphatic carbocycles. The number of rotatable bonds is 7. The first kappa shape index (κ1) is 22.8. The molecule has 1 amide bonds. The van der Waals surface area contributed by atoms with Crippen LogP contribution in [-0.4, -0.2) is 45.2 Å². The Morgan fingerprint density at radius 1 is 1.03 bits per heavy atom. The van der Waals surface area contributed by atoms with Gasteiger partial charge in [-0.25, -0.2) is 0 Å². The zero-order valence-electron chi connectivity index (χ0n) is 18.2.